The second kappa shape index (κ2) is 5.85. The van der Waals surface area contributed by atoms with Crippen molar-refractivity contribution in [3.63, 3.8) is 0 Å². The molecule has 1 aromatic rings. The molecule has 0 radical (unpaired) electrons. The molecule has 1 heterocycles. The maximum absolute atomic E-state index is 9.70. The second-order valence-electron chi connectivity index (χ2n) is 4.99. The van der Waals surface area contributed by atoms with Crippen molar-refractivity contribution in [2.24, 2.45) is 0 Å². The maximum Gasteiger partial charge on any atom is 0.224 e. The van der Waals surface area contributed by atoms with Gasteiger partial charge in [0.2, 0.25) is 5.28 Å². The molecular weight excluding hydrogens is 250 g/mol. The van der Waals surface area contributed by atoms with Crippen molar-refractivity contribution in [2.75, 3.05) is 11.9 Å². The second-order valence-corrected chi connectivity index (χ2v) is 5.33. The van der Waals surface area contributed by atoms with E-state index in [2.05, 4.69) is 22.2 Å². The fourth-order valence-corrected chi connectivity index (χ4v) is 2.69. The average molecular weight is 270 g/mol. The summed E-state index contributed by atoms with van der Waals surface area (Å²) < 4.78 is 0. The number of nitrogens with zero attached hydrogens (tertiary/aromatic N) is 2. The zero-order chi connectivity index (χ0) is 13.0. The first-order valence-electron chi connectivity index (χ1n) is 6.59. The highest BCUT2D eigenvalue weighted by atomic mass is 35.5. The number of nitrogens with one attached hydrogen (secondary N) is 1. The molecule has 0 atom stereocenters. The molecule has 1 saturated carbocycles. The van der Waals surface area contributed by atoms with Crippen molar-refractivity contribution < 1.29 is 5.11 Å². The Morgan fingerprint density at radius 1 is 1.39 bits per heavy atom. The number of aliphatic hydroxyl groups is 1. The molecule has 1 fully saturated rings. The third-order valence-electron chi connectivity index (χ3n) is 3.71. The Bertz CT molecular complexity index is 405. The molecule has 1 aliphatic rings. The van der Waals surface area contributed by atoms with Crippen molar-refractivity contribution >= 4 is 17.4 Å². The van der Waals surface area contributed by atoms with Crippen molar-refractivity contribution in [3.05, 3.63) is 17.0 Å². The van der Waals surface area contributed by atoms with E-state index in [4.69, 9.17) is 11.6 Å². The van der Waals surface area contributed by atoms with Gasteiger partial charge in [-0.2, -0.15) is 0 Å². The van der Waals surface area contributed by atoms with Crippen LogP contribution in [-0.4, -0.2) is 27.2 Å². The van der Waals surface area contributed by atoms with Gasteiger partial charge in [-0.3, -0.25) is 0 Å². The number of aromatic nitrogens is 2. The molecule has 1 aromatic heterocycles. The topological polar surface area (TPSA) is 58.0 Å². The van der Waals surface area contributed by atoms with Crippen LogP contribution < -0.4 is 5.32 Å². The van der Waals surface area contributed by atoms with E-state index >= 15 is 0 Å². The van der Waals surface area contributed by atoms with Gasteiger partial charge in [0.05, 0.1) is 12.1 Å². The zero-order valence-electron chi connectivity index (χ0n) is 10.7. The zero-order valence-corrected chi connectivity index (χ0v) is 11.5. The van der Waals surface area contributed by atoms with Crippen LogP contribution in [0.4, 0.5) is 5.82 Å². The predicted molar refractivity (Wildman–Crippen MR) is 72.9 cm³/mol. The molecule has 0 aromatic carbocycles. The van der Waals surface area contributed by atoms with Crippen LogP contribution in [0.2, 0.25) is 5.28 Å². The fourth-order valence-electron chi connectivity index (χ4n) is 2.55. The number of aryl methyl sites for hydroxylation is 1. The first-order valence-corrected chi connectivity index (χ1v) is 6.97. The quantitative estimate of drug-likeness (QED) is 0.826. The van der Waals surface area contributed by atoms with Gasteiger partial charge in [-0.05, 0) is 30.9 Å². The van der Waals surface area contributed by atoms with Gasteiger partial charge in [0.15, 0.2) is 0 Å². The van der Waals surface area contributed by atoms with Crippen molar-refractivity contribution in [1.29, 1.82) is 0 Å². The van der Waals surface area contributed by atoms with Gasteiger partial charge in [0.25, 0.3) is 0 Å². The monoisotopic (exact) mass is 269 g/mol. The van der Waals surface area contributed by atoms with Crippen LogP contribution in [0.25, 0.3) is 0 Å². The van der Waals surface area contributed by atoms with Crippen LogP contribution in [-0.2, 0) is 6.42 Å². The normalized spacial score (nSPS) is 18.6. The van der Waals surface area contributed by atoms with E-state index in [1.54, 1.807) is 6.20 Å². The van der Waals surface area contributed by atoms with Gasteiger partial charge in [-0.1, -0.05) is 26.2 Å². The van der Waals surface area contributed by atoms with Gasteiger partial charge >= 0.3 is 0 Å². The molecule has 2 rings (SSSR count). The van der Waals surface area contributed by atoms with Gasteiger partial charge < -0.3 is 10.4 Å². The summed E-state index contributed by atoms with van der Waals surface area (Å²) in [5.74, 6) is 0.772. The molecular formula is C13H20ClN3O. The van der Waals surface area contributed by atoms with E-state index in [9.17, 15) is 5.11 Å². The summed E-state index contributed by atoms with van der Waals surface area (Å²) >= 11 is 5.86. The van der Waals surface area contributed by atoms with Gasteiger partial charge in [0, 0.05) is 11.8 Å². The number of halogens is 1. The van der Waals surface area contributed by atoms with E-state index in [1.165, 1.54) is 6.42 Å². The van der Waals surface area contributed by atoms with Crippen LogP contribution >= 0.6 is 11.6 Å². The van der Waals surface area contributed by atoms with E-state index in [-0.39, 0.29) is 17.4 Å². The summed E-state index contributed by atoms with van der Waals surface area (Å²) in [5, 5.41) is 13.4. The standard InChI is InChI=1S/C13H20ClN3O/c1-2-10-8-15-12(14)16-11(10)17-13(9-18)6-4-3-5-7-13/h8,18H,2-7,9H2,1H3,(H,15,16,17). The van der Waals surface area contributed by atoms with Gasteiger partial charge in [-0.15, -0.1) is 0 Å². The molecule has 0 aliphatic heterocycles. The van der Waals surface area contributed by atoms with Crippen molar-refractivity contribution in [2.45, 2.75) is 51.0 Å². The van der Waals surface area contributed by atoms with E-state index in [1.807, 2.05) is 0 Å². The Kier molecular flexibility index (Phi) is 4.40. The largest absolute Gasteiger partial charge is 0.394 e. The lowest BCUT2D eigenvalue weighted by Gasteiger charge is -2.37. The van der Waals surface area contributed by atoms with E-state index < -0.39 is 0 Å². The lowest BCUT2D eigenvalue weighted by Crippen LogP contribution is -2.44. The Balaban J connectivity index is 2.23. The average Bonchev–Trinajstić information content (AvgIpc) is 2.40. The fraction of sp³-hybridized carbons (Fsp3) is 0.692. The van der Waals surface area contributed by atoms with Crippen LogP contribution in [0.5, 0.6) is 0 Å². The molecule has 0 unspecified atom stereocenters. The minimum absolute atomic E-state index is 0.137. The smallest absolute Gasteiger partial charge is 0.224 e. The highest BCUT2D eigenvalue weighted by molar-refractivity contribution is 6.28. The minimum Gasteiger partial charge on any atom is -0.394 e. The van der Waals surface area contributed by atoms with Gasteiger partial charge in [-0.25, -0.2) is 9.97 Å². The molecule has 1 aliphatic carbocycles. The lowest BCUT2D eigenvalue weighted by molar-refractivity contribution is 0.172. The molecule has 4 nitrogen and oxygen atoms in total. The molecule has 18 heavy (non-hydrogen) atoms. The third kappa shape index (κ3) is 2.93. The van der Waals surface area contributed by atoms with Gasteiger partial charge in [0.1, 0.15) is 5.82 Å². The Labute approximate surface area is 113 Å². The Morgan fingerprint density at radius 3 is 2.72 bits per heavy atom. The molecule has 0 amide bonds. The van der Waals surface area contributed by atoms with E-state index in [0.717, 1.165) is 43.5 Å². The molecule has 0 saturated heterocycles. The van der Waals surface area contributed by atoms with Crippen LogP contribution in [0, 0.1) is 0 Å². The lowest BCUT2D eigenvalue weighted by atomic mass is 9.82. The Morgan fingerprint density at radius 2 is 2.11 bits per heavy atom. The molecule has 0 bridgehead atoms. The number of anilines is 1. The predicted octanol–water partition coefficient (Wildman–Crippen LogP) is 2.80. The summed E-state index contributed by atoms with van der Waals surface area (Å²) in [4.78, 5) is 8.27. The summed E-state index contributed by atoms with van der Waals surface area (Å²) in [7, 11) is 0. The highest BCUT2D eigenvalue weighted by Gasteiger charge is 2.32. The van der Waals surface area contributed by atoms with Crippen LogP contribution in [0.15, 0.2) is 6.20 Å². The SMILES string of the molecule is CCc1cnc(Cl)nc1NC1(CO)CCCCC1. The number of aliphatic hydroxyl groups excluding tert-OH is 1. The molecule has 100 valence electrons. The highest BCUT2D eigenvalue weighted by Crippen LogP contribution is 2.32. The summed E-state index contributed by atoms with van der Waals surface area (Å²) in [6.45, 7) is 2.20. The third-order valence-corrected chi connectivity index (χ3v) is 3.90. The summed E-state index contributed by atoms with van der Waals surface area (Å²) in [5.41, 5.74) is 0.803. The number of hydrogen-bond donors (Lipinski definition) is 2. The van der Waals surface area contributed by atoms with Crippen molar-refractivity contribution in [3.8, 4) is 0 Å². The minimum atomic E-state index is -0.236. The molecule has 2 N–H and O–H groups in total. The first-order chi connectivity index (χ1) is 8.69. The maximum atomic E-state index is 9.70. The van der Waals surface area contributed by atoms with Crippen LogP contribution in [0.1, 0.15) is 44.6 Å². The first kappa shape index (κ1) is 13.6. The number of rotatable bonds is 4. The number of hydrogen-bond acceptors (Lipinski definition) is 4. The van der Waals surface area contributed by atoms with E-state index in [0.29, 0.717) is 0 Å². The molecule has 0 spiro atoms. The molecule has 5 heteroatoms. The summed E-state index contributed by atoms with van der Waals surface area (Å²) in [6, 6.07) is 0. The Hall–Kier alpha value is -0.870. The van der Waals surface area contributed by atoms with Crippen molar-refractivity contribution in [1.82, 2.24) is 9.97 Å². The van der Waals surface area contributed by atoms with Crippen LogP contribution in [0.3, 0.4) is 0 Å². The summed E-state index contributed by atoms with van der Waals surface area (Å²) in [6.07, 6.45) is 8.10.